The van der Waals surface area contributed by atoms with Gasteiger partial charge in [0.1, 0.15) is 0 Å². The second-order valence-electron chi connectivity index (χ2n) is 2.17. The minimum absolute atomic E-state index is 0. The number of hydrogen-bond acceptors (Lipinski definition) is 1. The van der Waals surface area contributed by atoms with Crippen LogP contribution in [-0.4, -0.2) is 10.7 Å². The monoisotopic (exact) mass is 177 g/mol. The first kappa shape index (κ1) is 10.9. The minimum Gasteiger partial charge on any atom is -0.390 e. The second-order valence-corrected chi connectivity index (χ2v) is 2.17. The summed E-state index contributed by atoms with van der Waals surface area (Å²) >= 11 is 0. The average molecular weight is 177 g/mol. The van der Waals surface area contributed by atoms with Crippen molar-refractivity contribution in [3.63, 3.8) is 0 Å². The van der Waals surface area contributed by atoms with E-state index in [0.717, 1.165) is 6.42 Å². The van der Waals surface area contributed by atoms with Crippen molar-refractivity contribution in [1.29, 1.82) is 0 Å². The Morgan fingerprint density at radius 1 is 1.43 bits per heavy atom. The molecule has 0 rings (SSSR count). The Labute approximate surface area is 70.4 Å². The molecule has 0 saturated heterocycles. The van der Waals surface area contributed by atoms with Crippen molar-refractivity contribution in [3.05, 3.63) is 0 Å². The quantitative estimate of drug-likeness (QED) is 0.637. The van der Waals surface area contributed by atoms with Gasteiger partial charge in [-0.2, -0.15) is 0 Å². The van der Waals surface area contributed by atoms with Gasteiger partial charge in [-0.1, -0.05) is 6.92 Å². The Morgan fingerprint density at radius 2 is 1.57 bits per heavy atom. The molecule has 0 aromatic heterocycles. The maximum atomic E-state index is 8.83. The van der Waals surface area contributed by atoms with Crippen molar-refractivity contribution in [3.8, 4) is 0 Å². The number of rotatable bonds is 1. The summed E-state index contributed by atoms with van der Waals surface area (Å²) in [6, 6.07) is 0. The zero-order chi connectivity index (χ0) is 5.21. The first-order chi connectivity index (χ1) is 2.56. The first-order valence-corrected chi connectivity index (χ1v) is 2.28. The van der Waals surface area contributed by atoms with Crippen molar-refractivity contribution < 1.29 is 37.8 Å². The van der Waals surface area contributed by atoms with Crippen LogP contribution >= 0.6 is 0 Å². The van der Waals surface area contributed by atoms with Crippen LogP contribution in [-0.2, 0) is 32.7 Å². The van der Waals surface area contributed by atoms with E-state index in [1.807, 2.05) is 6.92 Å². The van der Waals surface area contributed by atoms with E-state index in [9.17, 15) is 0 Å². The molecule has 0 heterocycles. The van der Waals surface area contributed by atoms with Gasteiger partial charge < -0.3 is 5.11 Å². The summed E-state index contributed by atoms with van der Waals surface area (Å²) in [6.07, 6.45) is 0.826. The zero-order valence-electron chi connectivity index (χ0n) is 5.23. The molecule has 0 aromatic carbocycles. The molecule has 1 nitrogen and oxygen atoms in total. The van der Waals surface area contributed by atoms with Gasteiger partial charge in [-0.3, -0.25) is 0 Å². The van der Waals surface area contributed by atoms with Gasteiger partial charge in [0.25, 0.3) is 0 Å². The first-order valence-electron chi connectivity index (χ1n) is 2.28. The third-order valence-corrected chi connectivity index (χ3v) is 0.865. The fourth-order valence-corrected chi connectivity index (χ4v) is 0. The van der Waals surface area contributed by atoms with E-state index in [1.54, 1.807) is 13.8 Å². The van der Waals surface area contributed by atoms with Crippen LogP contribution < -0.4 is 0 Å². The average Bonchev–Trinajstić information content (AvgIpc) is 1.35. The van der Waals surface area contributed by atoms with Gasteiger partial charge in [-0.15, -0.1) is 0 Å². The van der Waals surface area contributed by atoms with Gasteiger partial charge in [-0.25, -0.2) is 0 Å². The van der Waals surface area contributed by atoms with Crippen LogP contribution in [0, 0.1) is 0 Å². The van der Waals surface area contributed by atoms with Crippen molar-refractivity contribution in [2.75, 3.05) is 0 Å². The van der Waals surface area contributed by atoms with Gasteiger partial charge in [0.2, 0.25) is 0 Å². The molecule has 7 heavy (non-hydrogen) atoms. The molecule has 0 aliphatic heterocycles. The van der Waals surface area contributed by atoms with Crippen LogP contribution in [0.2, 0.25) is 0 Å². The molecule has 1 radical (unpaired) electrons. The van der Waals surface area contributed by atoms with Crippen LogP contribution in [0.3, 0.4) is 0 Å². The van der Waals surface area contributed by atoms with Crippen molar-refractivity contribution >= 4 is 0 Å². The smallest absolute Gasteiger partial charge is 0.0589 e. The Hall–Kier alpha value is 1.06. The maximum absolute atomic E-state index is 8.83. The molecule has 0 aliphatic rings. The maximum Gasteiger partial charge on any atom is 0.0589 e. The third-order valence-electron chi connectivity index (χ3n) is 0.865. The molecule has 0 amide bonds. The van der Waals surface area contributed by atoms with Crippen molar-refractivity contribution in [1.82, 2.24) is 0 Å². The fourth-order valence-electron chi connectivity index (χ4n) is 0. The predicted octanol–water partition coefficient (Wildman–Crippen LogP) is 1.16. The predicted molar refractivity (Wildman–Crippen MR) is 26.6 cm³/mol. The standard InChI is InChI=1S/C5H12O.Y/c1-4-5(2,3)6;/h6H,4H2,1-3H3;. The largest absolute Gasteiger partial charge is 0.390 e. The Balaban J connectivity index is 0. The van der Waals surface area contributed by atoms with E-state index in [1.165, 1.54) is 0 Å². The van der Waals surface area contributed by atoms with Crippen LogP contribution in [0.25, 0.3) is 0 Å². The molecular weight excluding hydrogens is 165 g/mol. The summed E-state index contributed by atoms with van der Waals surface area (Å²) < 4.78 is 0. The minimum atomic E-state index is -0.458. The van der Waals surface area contributed by atoms with Gasteiger partial charge in [0, 0.05) is 32.7 Å². The molecule has 0 aliphatic carbocycles. The molecule has 0 unspecified atom stereocenters. The molecule has 2 heteroatoms. The fraction of sp³-hybridized carbons (Fsp3) is 1.00. The Morgan fingerprint density at radius 3 is 1.57 bits per heavy atom. The van der Waals surface area contributed by atoms with Crippen LogP contribution in [0.1, 0.15) is 27.2 Å². The Kier molecular flexibility index (Phi) is 6.24. The molecule has 0 spiro atoms. The van der Waals surface area contributed by atoms with E-state index >= 15 is 0 Å². The molecule has 0 aromatic rings. The normalized spacial score (nSPS) is 10.3. The summed E-state index contributed by atoms with van der Waals surface area (Å²) in [5.41, 5.74) is -0.458. The molecule has 0 saturated carbocycles. The third kappa shape index (κ3) is 11.0. The van der Waals surface area contributed by atoms with E-state index in [2.05, 4.69) is 0 Å². The molecule has 41 valence electrons. The number of hydrogen-bond donors (Lipinski definition) is 1. The van der Waals surface area contributed by atoms with Gasteiger partial charge >= 0.3 is 0 Å². The molecule has 0 atom stereocenters. The second kappa shape index (κ2) is 3.99. The van der Waals surface area contributed by atoms with E-state index in [0.29, 0.717) is 0 Å². The summed E-state index contributed by atoms with van der Waals surface area (Å²) in [5, 5.41) is 8.83. The molecule has 0 fully saturated rings. The van der Waals surface area contributed by atoms with Crippen LogP contribution in [0.15, 0.2) is 0 Å². The van der Waals surface area contributed by atoms with E-state index < -0.39 is 5.60 Å². The molecular formula is C5H12OY. The number of aliphatic hydroxyl groups is 1. The van der Waals surface area contributed by atoms with Gasteiger partial charge in [-0.05, 0) is 20.3 Å². The molecule has 1 N–H and O–H groups in total. The van der Waals surface area contributed by atoms with E-state index in [-0.39, 0.29) is 32.7 Å². The van der Waals surface area contributed by atoms with Gasteiger partial charge in [0.15, 0.2) is 0 Å². The van der Waals surface area contributed by atoms with E-state index in [4.69, 9.17) is 5.11 Å². The Bertz CT molecular complexity index is 37.8. The van der Waals surface area contributed by atoms with Crippen LogP contribution in [0.4, 0.5) is 0 Å². The van der Waals surface area contributed by atoms with Gasteiger partial charge in [0.05, 0.1) is 5.60 Å². The summed E-state index contributed by atoms with van der Waals surface area (Å²) in [5.74, 6) is 0. The SMILES string of the molecule is CCC(C)(C)O.[Y]. The summed E-state index contributed by atoms with van der Waals surface area (Å²) in [7, 11) is 0. The van der Waals surface area contributed by atoms with Crippen molar-refractivity contribution in [2.24, 2.45) is 0 Å². The van der Waals surface area contributed by atoms with Crippen molar-refractivity contribution in [2.45, 2.75) is 32.8 Å². The van der Waals surface area contributed by atoms with Crippen LogP contribution in [0.5, 0.6) is 0 Å². The topological polar surface area (TPSA) is 20.2 Å². The zero-order valence-corrected chi connectivity index (χ0v) is 8.07. The molecule has 0 bridgehead atoms. The summed E-state index contributed by atoms with van der Waals surface area (Å²) in [6.45, 7) is 5.56. The summed E-state index contributed by atoms with van der Waals surface area (Å²) in [4.78, 5) is 0.